The third-order valence-corrected chi connectivity index (χ3v) is 3.67. The molecule has 0 bridgehead atoms. The van der Waals surface area contributed by atoms with E-state index >= 15 is 0 Å². The van der Waals surface area contributed by atoms with Crippen LogP contribution in [0.1, 0.15) is 24.8 Å². The SMILES string of the molecule is CN(Cc1ccncc1)C1CCCC1CN. The largest absolute Gasteiger partial charge is 0.330 e. The fraction of sp³-hybridized carbons (Fsp3) is 0.615. The molecule has 0 aromatic carbocycles. The summed E-state index contributed by atoms with van der Waals surface area (Å²) in [6, 6.07) is 4.84. The van der Waals surface area contributed by atoms with Gasteiger partial charge in [0.25, 0.3) is 0 Å². The Morgan fingerprint density at radius 2 is 2.12 bits per heavy atom. The molecule has 88 valence electrons. The van der Waals surface area contributed by atoms with Gasteiger partial charge in [-0.05, 0) is 50.0 Å². The van der Waals surface area contributed by atoms with Crippen molar-refractivity contribution >= 4 is 0 Å². The van der Waals surface area contributed by atoms with Crippen molar-refractivity contribution in [2.75, 3.05) is 13.6 Å². The van der Waals surface area contributed by atoms with Crippen molar-refractivity contribution in [3.63, 3.8) is 0 Å². The van der Waals surface area contributed by atoms with Gasteiger partial charge in [-0.3, -0.25) is 9.88 Å². The Labute approximate surface area is 97.7 Å². The van der Waals surface area contributed by atoms with Crippen molar-refractivity contribution in [3.8, 4) is 0 Å². The van der Waals surface area contributed by atoms with Crippen LogP contribution >= 0.6 is 0 Å². The van der Waals surface area contributed by atoms with Crippen molar-refractivity contribution < 1.29 is 0 Å². The Morgan fingerprint density at radius 1 is 1.38 bits per heavy atom. The van der Waals surface area contributed by atoms with Crippen LogP contribution in [0.25, 0.3) is 0 Å². The summed E-state index contributed by atoms with van der Waals surface area (Å²) in [7, 11) is 2.21. The number of hydrogen-bond donors (Lipinski definition) is 1. The summed E-state index contributed by atoms with van der Waals surface area (Å²) in [6.07, 6.45) is 7.63. The number of nitrogens with two attached hydrogens (primary N) is 1. The molecule has 2 rings (SSSR count). The minimum absolute atomic E-state index is 0.665. The van der Waals surface area contributed by atoms with Crippen LogP contribution in [0, 0.1) is 5.92 Å². The Hall–Kier alpha value is -0.930. The van der Waals surface area contributed by atoms with Crippen molar-refractivity contribution in [1.29, 1.82) is 0 Å². The van der Waals surface area contributed by atoms with Crippen LogP contribution in [0.3, 0.4) is 0 Å². The van der Waals surface area contributed by atoms with E-state index in [-0.39, 0.29) is 0 Å². The smallest absolute Gasteiger partial charge is 0.0271 e. The van der Waals surface area contributed by atoms with Gasteiger partial charge in [0.15, 0.2) is 0 Å². The lowest BCUT2D eigenvalue weighted by atomic mass is 10.0. The van der Waals surface area contributed by atoms with Crippen molar-refractivity contribution in [2.45, 2.75) is 31.8 Å². The Balaban J connectivity index is 1.95. The highest BCUT2D eigenvalue weighted by Gasteiger charge is 2.28. The summed E-state index contributed by atoms with van der Waals surface area (Å²) in [4.78, 5) is 6.49. The van der Waals surface area contributed by atoms with Crippen LogP contribution < -0.4 is 5.73 Å². The molecule has 16 heavy (non-hydrogen) atoms. The minimum atomic E-state index is 0.665. The first-order valence-corrected chi connectivity index (χ1v) is 6.10. The highest BCUT2D eigenvalue weighted by molar-refractivity contribution is 5.09. The lowest BCUT2D eigenvalue weighted by molar-refractivity contribution is 0.193. The highest BCUT2D eigenvalue weighted by Crippen LogP contribution is 2.29. The number of aromatic nitrogens is 1. The summed E-state index contributed by atoms with van der Waals surface area (Å²) in [6.45, 7) is 1.83. The van der Waals surface area contributed by atoms with Gasteiger partial charge in [-0.25, -0.2) is 0 Å². The fourth-order valence-corrected chi connectivity index (χ4v) is 2.77. The molecular weight excluding hydrogens is 198 g/mol. The third kappa shape index (κ3) is 2.60. The number of hydrogen-bond acceptors (Lipinski definition) is 3. The number of pyridine rings is 1. The summed E-state index contributed by atoms with van der Waals surface area (Å²) in [5.41, 5.74) is 7.15. The fourth-order valence-electron chi connectivity index (χ4n) is 2.77. The topological polar surface area (TPSA) is 42.2 Å². The third-order valence-electron chi connectivity index (χ3n) is 3.67. The number of rotatable bonds is 4. The van der Waals surface area contributed by atoms with Gasteiger partial charge in [-0.2, -0.15) is 0 Å². The summed E-state index contributed by atoms with van der Waals surface area (Å²) in [5, 5.41) is 0. The van der Waals surface area contributed by atoms with Gasteiger partial charge in [0.2, 0.25) is 0 Å². The zero-order valence-electron chi connectivity index (χ0n) is 9.97. The second-order valence-electron chi connectivity index (χ2n) is 4.76. The van der Waals surface area contributed by atoms with Gasteiger partial charge in [0, 0.05) is 25.0 Å². The first kappa shape index (κ1) is 11.6. The normalized spacial score (nSPS) is 25.2. The Bertz CT molecular complexity index is 312. The molecule has 1 aromatic rings. The molecule has 0 radical (unpaired) electrons. The molecule has 0 saturated heterocycles. The van der Waals surface area contributed by atoms with Gasteiger partial charge in [0.1, 0.15) is 0 Å². The maximum atomic E-state index is 5.82. The molecule has 2 atom stereocenters. The predicted octanol–water partition coefficient (Wildman–Crippen LogP) is 1.64. The van der Waals surface area contributed by atoms with Crippen LogP contribution in [0.4, 0.5) is 0 Å². The molecule has 2 N–H and O–H groups in total. The van der Waals surface area contributed by atoms with E-state index in [1.165, 1.54) is 24.8 Å². The van der Waals surface area contributed by atoms with E-state index in [0.29, 0.717) is 12.0 Å². The van der Waals surface area contributed by atoms with Gasteiger partial charge >= 0.3 is 0 Å². The maximum Gasteiger partial charge on any atom is 0.0271 e. The molecule has 1 heterocycles. The molecular formula is C13H21N3. The van der Waals surface area contributed by atoms with E-state index in [1.807, 2.05) is 12.4 Å². The first-order valence-electron chi connectivity index (χ1n) is 6.10. The monoisotopic (exact) mass is 219 g/mol. The average Bonchev–Trinajstić information content (AvgIpc) is 2.78. The molecule has 0 aliphatic heterocycles. The van der Waals surface area contributed by atoms with Crippen molar-refractivity contribution in [3.05, 3.63) is 30.1 Å². The standard InChI is InChI=1S/C13H21N3/c1-16(10-11-5-7-15-8-6-11)13-4-2-3-12(13)9-14/h5-8,12-13H,2-4,9-10,14H2,1H3. The van der Waals surface area contributed by atoms with E-state index in [4.69, 9.17) is 5.73 Å². The van der Waals surface area contributed by atoms with E-state index < -0.39 is 0 Å². The van der Waals surface area contributed by atoms with E-state index in [2.05, 4.69) is 29.1 Å². The second kappa shape index (κ2) is 5.41. The predicted molar refractivity (Wildman–Crippen MR) is 65.9 cm³/mol. The lowest BCUT2D eigenvalue weighted by Gasteiger charge is -2.29. The first-order chi connectivity index (χ1) is 7.81. The lowest BCUT2D eigenvalue weighted by Crippen LogP contribution is -2.37. The van der Waals surface area contributed by atoms with Crippen LogP contribution in [0.15, 0.2) is 24.5 Å². The molecule has 2 unspecified atom stereocenters. The highest BCUT2D eigenvalue weighted by atomic mass is 15.1. The summed E-state index contributed by atoms with van der Waals surface area (Å²) < 4.78 is 0. The molecule has 1 aliphatic carbocycles. The molecule has 0 amide bonds. The van der Waals surface area contributed by atoms with E-state index in [1.54, 1.807) is 0 Å². The van der Waals surface area contributed by atoms with Gasteiger partial charge in [-0.1, -0.05) is 6.42 Å². The van der Waals surface area contributed by atoms with E-state index in [0.717, 1.165) is 13.1 Å². The molecule has 1 aromatic heterocycles. The van der Waals surface area contributed by atoms with Gasteiger partial charge < -0.3 is 5.73 Å². The molecule has 0 spiro atoms. The van der Waals surface area contributed by atoms with Crippen molar-refractivity contribution in [1.82, 2.24) is 9.88 Å². The van der Waals surface area contributed by atoms with E-state index in [9.17, 15) is 0 Å². The Morgan fingerprint density at radius 3 is 2.81 bits per heavy atom. The zero-order chi connectivity index (χ0) is 11.4. The molecule has 3 heteroatoms. The number of nitrogens with zero attached hydrogens (tertiary/aromatic N) is 2. The van der Waals surface area contributed by atoms with Crippen LogP contribution in [0.5, 0.6) is 0 Å². The van der Waals surface area contributed by atoms with Gasteiger partial charge in [-0.15, -0.1) is 0 Å². The molecule has 1 aliphatic rings. The van der Waals surface area contributed by atoms with Crippen LogP contribution in [-0.4, -0.2) is 29.5 Å². The minimum Gasteiger partial charge on any atom is -0.330 e. The quantitative estimate of drug-likeness (QED) is 0.837. The maximum absolute atomic E-state index is 5.82. The second-order valence-corrected chi connectivity index (χ2v) is 4.76. The summed E-state index contributed by atoms with van der Waals surface area (Å²) >= 11 is 0. The summed E-state index contributed by atoms with van der Waals surface area (Å²) in [5.74, 6) is 0.687. The zero-order valence-corrected chi connectivity index (χ0v) is 9.97. The van der Waals surface area contributed by atoms with Crippen LogP contribution in [-0.2, 0) is 6.54 Å². The average molecular weight is 219 g/mol. The van der Waals surface area contributed by atoms with Crippen molar-refractivity contribution in [2.24, 2.45) is 11.7 Å². The molecule has 1 fully saturated rings. The van der Waals surface area contributed by atoms with Gasteiger partial charge in [0.05, 0.1) is 0 Å². The Kier molecular flexibility index (Phi) is 3.91. The van der Waals surface area contributed by atoms with Crippen LogP contribution in [0.2, 0.25) is 0 Å². The molecule has 3 nitrogen and oxygen atoms in total. The molecule has 1 saturated carbocycles.